The summed E-state index contributed by atoms with van der Waals surface area (Å²) in [5, 5.41) is 11.8. The van der Waals surface area contributed by atoms with E-state index in [0.29, 0.717) is 5.56 Å². The van der Waals surface area contributed by atoms with Crippen LogP contribution >= 0.6 is 15.9 Å². The second-order valence-corrected chi connectivity index (χ2v) is 5.82. The number of aliphatic hydroxyl groups is 1. The van der Waals surface area contributed by atoms with Gasteiger partial charge in [0, 0.05) is 16.8 Å². The molecule has 0 aliphatic heterocycles. The molecule has 2 rings (SSSR count). The molecule has 0 radical (unpaired) electrons. The highest BCUT2D eigenvalue weighted by Crippen LogP contribution is 2.20. The number of anilines is 1. The predicted molar refractivity (Wildman–Crippen MR) is 88.7 cm³/mol. The summed E-state index contributed by atoms with van der Waals surface area (Å²) in [5.74, 6) is -0.138. The van der Waals surface area contributed by atoms with Gasteiger partial charge in [0.1, 0.15) is 0 Å². The van der Waals surface area contributed by atoms with Gasteiger partial charge >= 0.3 is 0 Å². The zero-order chi connectivity index (χ0) is 15.2. The number of amides is 1. The van der Waals surface area contributed by atoms with Crippen LogP contribution in [0.3, 0.4) is 0 Å². The summed E-state index contributed by atoms with van der Waals surface area (Å²) in [6.07, 6.45) is 1.52. The molecule has 1 amide bonds. The molecule has 0 unspecified atom stereocenters. The smallest absolute Gasteiger partial charge is 0.256 e. The molecule has 4 heteroatoms. The molecule has 2 aromatic rings. The Labute approximate surface area is 133 Å². The maximum atomic E-state index is 12.3. The average Bonchev–Trinajstić information content (AvgIpc) is 2.45. The van der Waals surface area contributed by atoms with Gasteiger partial charge in [0.05, 0.1) is 5.56 Å². The van der Waals surface area contributed by atoms with Crippen molar-refractivity contribution in [3.8, 4) is 0 Å². The quantitative estimate of drug-likeness (QED) is 0.860. The second-order valence-electron chi connectivity index (χ2n) is 4.96. The van der Waals surface area contributed by atoms with Crippen LogP contribution in [0.2, 0.25) is 0 Å². The SMILES string of the molecule is Cc1ccc(C(=O)Nc2cccc(CCCO)c2)c(Br)c1. The topological polar surface area (TPSA) is 49.3 Å². The van der Waals surface area contributed by atoms with E-state index in [1.807, 2.05) is 49.4 Å². The molecule has 2 N–H and O–H groups in total. The first-order valence-electron chi connectivity index (χ1n) is 6.87. The van der Waals surface area contributed by atoms with Crippen LogP contribution in [-0.4, -0.2) is 17.6 Å². The molecule has 110 valence electrons. The number of carbonyl (C=O) groups excluding carboxylic acids is 1. The molecule has 0 aliphatic carbocycles. The standard InChI is InChI=1S/C17H18BrNO2/c1-12-7-8-15(16(18)10-12)17(21)19-14-6-2-4-13(11-14)5-3-9-20/h2,4,6-8,10-11,20H,3,5,9H2,1H3,(H,19,21). The fourth-order valence-electron chi connectivity index (χ4n) is 2.09. The van der Waals surface area contributed by atoms with Crippen LogP contribution < -0.4 is 5.32 Å². The van der Waals surface area contributed by atoms with Crippen molar-refractivity contribution in [2.75, 3.05) is 11.9 Å². The minimum atomic E-state index is -0.138. The summed E-state index contributed by atoms with van der Waals surface area (Å²) >= 11 is 3.42. The number of carbonyl (C=O) groups is 1. The van der Waals surface area contributed by atoms with Gasteiger partial charge in [-0.1, -0.05) is 18.2 Å². The monoisotopic (exact) mass is 347 g/mol. The Hall–Kier alpha value is -1.65. The van der Waals surface area contributed by atoms with Crippen molar-refractivity contribution in [1.29, 1.82) is 0 Å². The van der Waals surface area contributed by atoms with Gasteiger partial charge in [-0.2, -0.15) is 0 Å². The summed E-state index contributed by atoms with van der Waals surface area (Å²) in [5.41, 5.74) is 3.58. The third-order valence-corrected chi connectivity index (χ3v) is 3.83. The molecule has 0 atom stereocenters. The molecule has 0 saturated heterocycles. The Balaban J connectivity index is 2.12. The zero-order valence-corrected chi connectivity index (χ0v) is 13.5. The van der Waals surface area contributed by atoms with E-state index >= 15 is 0 Å². The van der Waals surface area contributed by atoms with Crippen molar-refractivity contribution in [1.82, 2.24) is 0 Å². The molecule has 0 bridgehead atoms. The van der Waals surface area contributed by atoms with E-state index in [-0.39, 0.29) is 12.5 Å². The first-order chi connectivity index (χ1) is 10.1. The van der Waals surface area contributed by atoms with E-state index in [1.54, 1.807) is 0 Å². The molecule has 0 saturated carbocycles. The maximum Gasteiger partial charge on any atom is 0.256 e. The van der Waals surface area contributed by atoms with Gasteiger partial charge in [-0.05, 0) is 71.1 Å². The Bertz CT molecular complexity index is 640. The fraction of sp³-hybridized carbons (Fsp3) is 0.235. The fourth-order valence-corrected chi connectivity index (χ4v) is 2.76. The lowest BCUT2D eigenvalue weighted by molar-refractivity contribution is 0.102. The van der Waals surface area contributed by atoms with Crippen molar-refractivity contribution in [2.45, 2.75) is 19.8 Å². The lowest BCUT2D eigenvalue weighted by atomic mass is 10.1. The van der Waals surface area contributed by atoms with E-state index in [1.165, 1.54) is 0 Å². The van der Waals surface area contributed by atoms with E-state index < -0.39 is 0 Å². The number of nitrogens with one attached hydrogen (secondary N) is 1. The van der Waals surface area contributed by atoms with Gasteiger partial charge in [-0.3, -0.25) is 4.79 Å². The Morgan fingerprint density at radius 3 is 2.76 bits per heavy atom. The molecular weight excluding hydrogens is 330 g/mol. The number of halogens is 1. The van der Waals surface area contributed by atoms with Gasteiger partial charge in [-0.15, -0.1) is 0 Å². The molecular formula is C17H18BrNO2. The van der Waals surface area contributed by atoms with Crippen LogP contribution in [0.15, 0.2) is 46.9 Å². The predicted octanol–water partition coefficient (Wildman–Crippen LogP) is 3.93. The van der Waals surface area contributed by atoms with Crippen LogP contribution in [0.5, 0.6) is 0 Å². The van der Waals surface area contributed by atoms with Crippen molar-refractivity contribution in [2.24, 2.45) is 0 Å². The largest absolute Gasteiger partial charge is 0.396 e. The highest BCUT2D eigenvalue weighted by molar-refractivity contribution is 9.10. The first kappa shape index (κ1) is 15.7. The average molecular weight is 348 g/mol. The van der Waals surface area contributed by atoms with E-state index in [2.05, 4.69) is 21.2 Å². The highest BCUT2D eigenvalue weighted by Gasteiger charge is 2.10. The van der Waals surface area contributed by atoms with E-state index in [4.69, 9.17) is 5.11 Å². The Kier molecular flexibility index (Phi) is 5.53. The van der Waals surface area contributed by atoms with Crippen LogP contribution in [-0.2, 0) is 6.42 Å². The Morgan fingerprint density at radius 2 is 2.05 bits per heavy atom. The van der Waals surface area contributed by atoms with E-state index in [0.717, 1.165) is 34.1 Å². The third kappa shape index (κ3) is 4.41. The molecule has 0 fully saturated rings. The molecule has 0 aliphatic rings. The van der Waals surface area contributed by atoms with Crippen LogP contribution in [0.4, 0.5) is 5.69 Å². The summed E-state index contributed by atoms with van der Waals surface area (Å²) in [6, 6.07) is 13.4. The van der Waals surface area contributed by atoms with Crippen molar-refractivity contribution < 1.29 is 9.90 Å². The molecule has 0 heterocycles. The number of aryl methyl sites for hydroxylation is 2. The van der Waals surface area contributed by atoms with Gasteiger partial charge in [0.25, 0.3) is 5.91 Å². The number of benzene rings is 2. The number of hydrogen-bond donors (Lipinski definition) is 2. The number of hydrogen-bond acceptors (Lipinski definition) is 2. The number of rotatable bonds is 5. The molecule has 3 nitrogen and oxygen atoms in total. The minimum absolute atomic E-state index is 0.138. The minimum Gasteiger partial charge on any atom is -0.396 e. The summed E-state index contributed by atoms with van der Waals surface area (Å²) in [6.45, 7) is 2.16. The van der Waals surface area contributed by atoms with Crippen LogP contribution in [0.25, 0.3) is 0 Å². The molecule has 0 spiro atoms. The zero-order valence-electron chi connectivity index (χ0n) is 11.9. The Morgan fingerprint density at radius 1 is 1.24 bits per heavy atom. The second kappa shape index (κ2) is 7.38. The summed E-state index contributed by atoms with van der Waals surface area (Å²) in [4.78, 5) is 12.3. The summed E-state index contributed by atoms with van der Waals surface area (Å²) < 4.78 is 0.788. The van der Waals surface area contributed by atoms with Crippen molar-refractivity contribution >= 4 is 27.5 Å². The summed E-state index contributed by atoms with van der Waals surface area (Å²) in [7, 11) is 0. The van der Waals surface area contributed by atoms with E-state index in [9.17, 15) is 4.79 Å². The van der Waals surface area contributed by atoms with Gasteiger partial charge < -0.3 is 10.4 Å². The van der Waals surface area contributed by atoms with Crippen LogP contribution in [0, 0.1) is 6.92 Å². The van der Waals surface area contributed by atoms with Gasteiger partial charge in [0.2, 0.25) is 0 Å². The first-order valence-corrected chi connectivity index (χ1v) is 7.67. The molecule has 21 heavy (non-hydrogen) atoms. The van der Waals surface area contributed by atoms with Gasteiger partial charge in [0.15, 0.2) is 0 Å². The van der Waals surface area contributed by atoms with Gasteiger partial charge in [-0.25, -0.2) is 0 Å². The lowest BCUT2D eigenvalue weighted by Gasteiger charge is -2.09. The number of aliphatic hydroxyl groups excluding tert-OH is 1. The van der Waals surface area contributed by atoms with Crippen LogP contribution in [0.1, 0.15) is 27.9 Å². The van der Waals surface area contributed by atoms with Crippen molar-refractivity contribution in [3.05, 3.63) is 63.6 Å². The normalized spacial score (nSPS) is 10.4. The third-order valence-electron chi connectivity index (χ3n) is 3.18. The van der Waals surface area contributed by atoms with Crippen molar-refractivity contribution in [3.63, 3.8) is 0 Å². The maximum absolute atomic E-state index is 12.3. The lowest BCUT2D eigenvalue weighted by Crippen LogP contribution is -2.12. The highest BCUT2D eigenvalue weighted by atomic mass is 79.9. The molecule has 0 aromatic heterocycles. The molecule has 2 aromatic carbocycles.